The Labute approximate surface area is 61.3 Å². The highest BCUT2D eigenvalue weighted by atomic mass is 31.1. The molecule has 58 valence electrons. The van der Waals surface area contributed by atoms with Crippen molar-refractivity contribution in [2.24, 2.45) is 0 Å². The monoisotopic (exact) mass is 184 g/mol. The summed E-state index contributed by atoms with van der Waals surface area (Å²) in [6.45, 7) is 2.11. The van der Waals surface area contributed by atoms with Gasteiger partial charge in [-0.1, -0.05) is 0 Å². The van der Waals surface area contributed by atoms with Crippen molar-refractivity contribution in [3.63, 3.8) is 0 Å². The van der Waals surface area contributed by atoms with E-state index in [1.807, 2.05) is 0 Å². The van der Waals surface area contributed by atoms with Gasteiger partial charge >= 0.3 is 16.1 Å². The van der Waals surface area contributed by atoms with Crippen molar-refractivity contribution in [2.45, 2.75) is 6.92 Å². The Bertz CT molecular complexity index is 135. The minimum atomic E-state index is -2.16. The molecule has 2 atom stereocenters. The van der Waals surface area contributed by atoms with Gasteiger partial charge in [0.1, 0.15) is 0 Å². The largest absolute Gasteiger partial charge is 0.512 e. The molecule has 6 heteroatoms. The van der Waals surface area contributed by atoms with E-state index in [2.05, 4.69) is 4.52 Å². The van der Waals surface area contributed by atoms with Crippen LogP contribution in [0, 0.1) is 0 Å². The summed E-state index contributed by atoms with van der Waals surface area (Å²) >= 11 is 0. The highest BCUT2D eigenvalue weighted by molar-refractivity contribution is 7.43. The molecule has 0 fully saturated rings. The van der Waals surface area contributed by atoms with Crippen molar-refractivity contribution in [1.29, 1.82) is 0 Å². The van der Waals surface area contributed by atoms with Gasteiger partial charge in [-0.3, -0.25) is 0 Å². The molecule has 0 saturated heterocycles. The number of rotatable bonds is 5. The van der Waals surface area contributed by atoms with Gasteiger partial charge in [0, 0.05) is 0 Å². The number of hydrogen-bond acceptors (Lipinski definition) is 3. The molecule has 2 unspecified atom stereocenters. The molecule has 1 N–H and O–H groups in total. The molecule has 0 heterocycles. The third kappa shape index (κ3) is 6.24. The molecule has 0 spiro atoms. The lowest BCUT2D eigenvalue weighted by atomic mass is 10.9. The van der Waals surface area contributed by atoms with Crippen LogP contribution in [0.25, 0.3) is 0 Å². The van der Waals surface area contributed by atoms with Crippen LogP contribution in [0.2, 0.25) is 0 Å². The maximum atomic E-state index is 10.6. The first-order valence-electron chi connectivity index (χ1n) is 2.88. The van der Waals surface area contributed by atoms with E-state index in [-0.39, 0.29) is 12.3 Å². The molecular formula is C4H10O4P2+2. The van der Waals surface area contributed by atoms with Gasteiger partial charge in [0.2, 0.25) is 12.3 Å². The van der Waals surface area contributed by atoms with Crippen LogP contribution in [0.15, 0.2) is 0 Å². The standard InChI is InChI=1S/C4H9O4P2/c1-2-8-10(7)4-3-9(5)6/h2-4H2,1H3/q+1/p+1. The van der Waals surface area contributed by atoms with Crippen LogP contribution < -0.4 is 0 Å². The predicted octanol–water partition coefficient (Wildman–Crippen LogP) is 1.50. The van der Waals surface area contributed by atoms with Gasteiger partial charge in [-0.05, 0) is 16.1 Å². The predicted molar refractivity (Wildman–Crippen MR) is 38.8 cm³/mol. The zero-order valence-electron chi connectivity index (χ0n) is 5.69. The summed E-state index contributed by atoms with van der Waals surface area (Å²) < 4.78 is 25.4. The van der Waals surface area contributed by atoms with E-state index in [1.54, 1.807) is 6.92 Å². The molecule has 0 saturated carbocycles. The fourth-order valence-electron chi connectivity index (χ4n) is 0.376. The Hall–Kier alpha value is 0.120. The first-order chi connectivity index (χ1) is 4.66. The van der Waals surface area contributed by atoms with E-state index < -0.39 is 16.1 Å². The van der Waals surface area contributed by atoms with E-state index in [1.165, 1.54) is 0 Å². The minimum absolute atomic E-state index is 0.0601. The summed E-state index contributed by atoms with van der Waals surface area (Å²) in [4.78, 5) is 8.29. The molecule has 0 amide bonds. The van der Waals surface area contributed by atoms with Crippen molar-refractivity contribution in [3.8, 4) is 0 Å². The van der Waals surface area contributed by atoms with Gasteiger partial charge < -0.3 is 0 Å². The average Bonchev–Trinajstić information content (AvgIpc) is 1.85. The summed E-state index contributed by atoms with van der Waals surface area (Å²) in [5.74, 6) is 0. The molecule has 0 aliphatic rings. The van der Waals surface area contributed by atoms with Crippen LogP contribution in [0.3, 0.4) is 0 Å². The van der Waals surface area contributed by atoms with Crippen molar-refractivity contribution in [2.75, 3.05) is 18.9 Å². The molecule has 0 aromatic rings. The molecular weight excluding hydrogens is 174 g/mol. The smallest absolute Gasteiger partial charge is 0.161 e. The lowest BCUT2D eigenvalue weighted by Gasteiger charge is -1.77. The van der Waals surface area contributed by atoms with Crippen molar-refractivity contribution < 1.29 is 18.5 Å². The Kier molecular flexibility index (Phi) is 5.94. The minimum Gasteiger partial charge on any atom is -0.161 e. The second-order valence-corrected chi connectivity index (χ2v) is 4.07. The Morgan fingerprint density at radius 2 is 2.00 bits per heavy atom. The SMILES string of the molecule is CCO[P+](=O)CC[P+](=O)O. The molecule has 4 nitrogen and oxygen atoms in total. The van der Waals surface area contributed by atoms with Gasteiger partial charge in [-0.15, -0.1) is 4.52 Å². The van der Waals surface area contributed by atoms with Crippen molar-refractivity contribution >= 4 is 16.1 Å². The lowest BCUT2D eigenvalue weighted by molar-refractivity contribution is 0.351. The van der Waals surface area contributed by atoms with Crippen LogP contribution >= 0.6 is 16.1 Å². The highest BCUT2D eigenvalue weighted by Gasteiger charge is 2.23. The molecule has 0 bridgehead atoms. The van der Waals surface area contributed by atoms with Crippen LogP contribution in [-0.4, -0.2) is 23.8 Å². The topological polar surface area (TPSA) is 63.6 Å². The van der Waals surface area contributed by atoms with Gasteiger partial charge in [0.25, 0.3) is 0 Å². The molecule has 0 rings (SSSR count). The van der Waals surface area contributed by atoms with Crippen molar-refractivity contribution in [1.82, 2.24) is 0 Å². The second-order valence-electron chi connectivity index (χ2n) is 1.55. The van der Waals surface area contributed by atoms with E-state index in [0.717, 1.165) is 0 Å². The summed E-state index contributed by atoms with van der Waals surface area (Å²) in [6.07, 6.45) is 0.236. The normalized spacial score (nSPS) is 13.0. The lowest BCUT2D eigenvalue weighted by Crippen LogP contribution is -1.86. The molecule has 0 aromatic heterocycles. The first-order valence-corrected chi connectivity index (χ1v) is 5.64. The Balaban J connectivity index is 3.30. The molecule has 0 aromatic carbocycles. The van der Waals surface area contributed by atoms with Crippen LogP contribution in [0.1, 0.15) is 6.92 Å². The van der Waals surface area contributed by atoms with E-state index >= 15 is 0 Å². The average molecular weight is 184 g/mol. The van der Waals surface area contributed by atoms with E-state index in [9.17, 15) is 9.13 Å². The zero-order valence-corrected chi connectivity index (χ0v) is 7.48. The third-order valence-corrected chi connectivity index (χ3v) is 2.84. The number of hydrogen-bond donors (Lipinski definition) is 1. The quantitative estimate of drug-likeness (QED) is 0.657. The fourth-order valence-corrected chi connectivity index (χ4v) is 2.13. The van der Waals surface area contributed by atoms with Crippen LogP contribution in [0.5, 0.6) is 0 Å². The highest BCUT2D eigenvalue weighted by Crippen LogP contribution is 2.25. The van der Waals surface area contributed by atoms with Crippen molar-refractivity contribution in [3.05, 3.63) is 0 Å². The molecule has 0 aliphatic carbocycles. The van der Waals surface area contributed by atoms with E-state index in [0.29, 0.717) is 6.61 Å². The van der Waals surface area contributed by atoms with Gasteiger partial charge in [0.05, 0.1) is 6.61 Å². The summed E-state index contributed by atoms with van der Waals surface area (Å²) in [6, 6.07) is 0. The summed E-state index contributed by atoms with van der Waals surface area (Å²) in [5, 5.41) is 0. The second kappa shape index (κ2) is 5.87. The first kappa shape index (κ1) is 10.1. The van der Waals surface area contributed by atoms with Gasteiger partial charge in [-0.2, -0.15) is 4.89 Å². The summed E-state index contributed by atoms with van der Waals surface area (Å²) in [7, 11) is -3.86. The third-order valence-electron chi connectivity index (χ3n) is 0.747. The fraction of sp³-hybridized carbons (Fsp3) is 1.00. The van der Waals surface area contributed by atoms with Crippen LogP contribution in [0.4, 0.5) is 0 Å². The Morgan fingerprint density at radius 1 is 1.40 bits per heavy atom. The molecule has 0 radical (unpaired) electrons. The molecule has 10 heavy (non-hydrogen) atoms. The maximum Gasteiger partial charge on any atom is 0.512 e. The Morgan fingerprint density at radius 3 is 2.40 bits per heavy atom. The van der Waals surface area contributed by atoms with Gasteiger partial charge in [-0.25, -0.2) is 0 Å². The maximum absolute atomic E-state index is 10.6. The van der Waals surface area contributed by atoms with Crippen LogP contribution in [-0.2, 0) is 13.7 Å². The van der Waals surface area contributed by atoms with E-state index in [4.69, 9.17) is 4.89 Å². The van der Waals surface area contributed by atoms with Gasteiger partial charge in [0.15, 0.2) is 0 Å². The summed E-state index contributed by atoms with van der Waals surface area (Å²) in [5.41, 5.74) is 0. The zero-order chi connectivity index (χ0) is 7.98. The molecule has 0 aliphatic heterocycles.